The molecule has 1 aromatic heterocycles. The predicted molar refractivity (Wildman–Crippen MR) is 87.2 cm³/mol. The van der Waals surface area contributed by atoms with Gasteiger partial charge < -0.3 is 20.2 Å². The molecule has 1 aliphatic heterocycles. The number of hydrogen-bond acceptors (Lipinski definition) is 5. The van der Waals surface area contributed by atoms with E-state index in [4.69, 9.17) is 11.6 Å². The number of amides is 1. The number of aliphatic hydroxyl groups is 1. The van der Waals surface area contributed by atoms with Crippen LogP contribution in [0.1, 0.15) is 25.1 Å². The molecule has 2 heterocycles. The van der Waals surface area contributed by atoms with E-state index in [1.807, 2.05) is 6.07 Å². The number of anilines is 1. The molecule has 22 heavy (non-hydrogen) atoms. The Bertz CT molecular complexity index is 518. The molecule has 2 rings (SSSR count). The number of halogens is 1. The third-order valence-electron chi connectivity index (χ3n) is 3.85. The van der Waals surface area contributed by atoms with E-state index in [9.17, 15) is 9.90 Å². The fourth-order valence-electron chi connectivity index (χ4n) is 2.40. The Kier molecular flexibility index (Phi) is 5.99. The number of carbonyl (C=O) groups excluding carboxylic acids is 1. The Morgan fingerprint density at radius 3 is 2.68 bits per heavy atom. The highest BCUT2D eigenvalue weighted by Crippen LogP contribution is 2.25. The summed E-state index contributed by atoms with van der Waals surface area (Å²) in [7, 11) is 2.10. The molecule has 1 aliphatic rings. The number of aliphatic hydroxyl groups excluding tert-OH is 1. The van der Waals surface area contributed by atoms with Gasteiger partial charge in [-0.25, -0.2) is 4.98 Å². The van der Waals surface area contributed by atoms with Gasteiger partial charge in [-0.05, 0) is 19.2 Å². The quantitative estimate of drug-likeness (QED) is 0.846. The summed E-state index contributed by atoms with van der Waals surface area (Å²) in [5.74, 6) is 0.693. The van der Waals surface area contributed by atoms with E-state index in [2.05, 4.69) is 27.1 Å². The van der Waals surface area contributed by atoms with Crippen molar-refractivity contribution in [2.45, 2.75) is 19.4 Å². The summed E-state index contributed by atoms with van der Waals surface area (Å²) in [5, 5.41) is 12.8. The van der Waals surface area contributed by atoms with Crippen molar-refractivity contribution < 1.29 is 9.90 Å². The highest BCUT2D eigenvalue weighted by atomic mass is 35.5. The monoisotopic (exact) mass is 326 g/mol. The van der Waals surface area contributed by atoms with Gasteiger partial charge in [0, 0.05) is 32.6 Å². The van der Waals surface area contributed by atoms with E-state index in [1.54, 1.807) is 13.0 Å². The number of pyridine rings is 1. The summed E-state index contributed by atoms with van der Waals surface area (Å²) in [6, 6.07) is 3.08. The highest BCUT2D eigenvalue weighted by Gasteiger charge is 2.21. The van der Waals surface area contributed by atoms with Gasteiger partial charge in [-0.2, -0.15) is 0 Å². The maximum atomic E-state index is 11.6. The molecule has 122 valence electrons. The first-order valence-electron chi connectivity index (χ1n) is 7.55. The van der Waals surface area contributed by atoms with Crippen LogP contribution in [-0.2, 0) is 4.79 Å². The standard InChI is InChI=1S/C15H23ClN4O2/c1-3-14(22)17-12(10-21)15-11(16)4-5-13(18-15)20-8-6-19(2)7-9-20/h4-5,12,21H,3,6-10H2,1-2H3,(H,17,22)/t12-/m1/s1. The molecule has 0 saturated carbocycles. The van der Waals surface area contributed by atoms with E-state index in [0.29, 0.717) is 17.1 Å². The van der Waals surface area contributed by atoms with Gasteiger partial charge in [-0.1, -0.05) is 18.5 Å². The summed E-state index contributed by atoms with van der Waals surface area (Å²) in [4.78, 5) is 20.6. The molecule has 6 nitrogen and oxygen atoms in total. The van der Waals surface area contributed by atoms with Crippen molar-refractivity contribution in [3.8, 4) is 0 Å². The van der Waals surface area contributed by atoms with Crippen molar-refractivity contribution >= 4 is 23.3 Å². The zero-order valence-corrected chi connectivity index (χ0v) is 13.8. The average molecular weight is 327 g/mol. The van der Waals surface area contributed by atoms with E-state index in [-0.39, 0.29) is 12.5 Å². The fourth-order valence-corrected chi connectivity index (χ4v) is 2.64. The van der Waals surface area contributed by atoms with E-state index >= 15 is 0 Å². The summed E-state index contributed by atoms with van der Waals surface area (Å²) in [6.07, 6.45) is 0.353. The highest BCUT2D eigenvalue weighted by molar-refractivity contribution is 6.31. The largest absolute Gasteiger partial charge is 0.394 e. The smallest absolute Gasteiger partial charge is 0.220 e. The first kappa shape index (κ1) is 17.0. The summed E-state index contributed by atoms with van der Waals surface area (Å²) < 4.78 is 0. The first-order chi connectivity index (χ1) is 10.5. The predicted octanol–water partition coefficient (Wildman–Crippen LogP) is 1.05. The topological polar surface area (TPSA) is 68.7 Å². The number of likely N-dealkylation sites (N-methyl/N-ethyl adjacent to an activating group) is 1. The number of rotatable bonds is 5. The number of hydrogen-bond donors (Lipinski definition) is 2. The van der Waals surface area contributed by atoms with Crippen LogP contribution in [0.3, 0.4) is 0 Å². The van der Waals surface area contributed by atoms with Crippen molar-refractivity contribution in [2.24, 2.45) is 0 Å². The normalized spacial score (nSPS) is 17.4. The number of nitrogens with zero attached hydrogens (tertiary/aromatic N) is 3. The Morgan fingerprint density at radius 2 is 2.09 bits per heavy atom. The van der Waals surface area contributed by atoms with Gasteiger partial charge in [0.2, 0.25) is 5.91 Å². The Morgan fingerprint density at radius 1 is 1.41 bits per heavy atom. The van der Waals surface area contributed by atoms with E-state index in [0.717, 1.165) is 32.0 Å². The number of aromatic nitrogens is 1. The molecule has 0 radical (unpaired) electrons. The van der Waals surface area contributed by atoms with Crippen molar-refractivity contribution in [3.05, 3.63) is 22.8 Å². The van der Waals surface area contributed by atoms with Gasteiger partial charge in [-0.3, -0.25) is 4.79 Å². The minimum absolute atomic E-state index is 0.137. The molecule has 0 unspecified atom stereocenters. The van der Waals surface area contributed by atoms with Crippen LogP contribution >= 0.6 is 11.6 Å². The molecular formula is C15H23ClN4O2. The van der Waals surface area contributed by atoms with Crippen molar-refractivity contribution in [1.82, 2.24) is 15.2 Å². The van der Waals surface area contributed by atoms with Crippen LogP contribution in [0, 0.1) is 0 Å². The Hall–Kier alpha value is -1.37. The maximum absolute atomic E-state index is 11.6. The van der Waals surface area contributed by atoms with Crippen LogP contribution < -0.4 is 10.2 Å². The van der Waals surface area contributed by atoms with Gasteiger partial charge in [0.1, 0.15) is 5.82 Å². The first-order valence-corrected chi connectivity index (χ1v) is 7.93. The van der Waals surface area contributed by atoms with Gasteiger partial charge in [-0.15, -0.1) is 0 Å². The lowest BCUT2D eigenvalue weighted by atomic mass is 10.2. The SMILES string of the molecule is CCC(=O)N[C@H](CO)c1nc(N2CCN(C)CC2)ccc1Cl. The van der Waals surface area contributed by atoms with Gasteiger partial charge in [0.25, 0.3) is 0 Å². The summed E-state index contributed by atoms with van der Waals surface area (Å²) in [5.41, 5.74) is 0.516. The second-order valence-electron chi connectivity index (χ2n) is 5.48. The van der Waals surface area contributed by atoms with Gasteiger partial charge in [0.05, 0.1) is 23.4 Å². The van der Waals surface area contributed by atoms with Crippen LogP contribution in [0.2, 0.25) is 5.02 Å². The zero-order valence-electron chi connectivity index (χ0n) is 13.0. The molecule has 1 atom stereocenters. The molecular weight excluding hydrogens is 304 g/mol. The number of carbonyl (C=O) groups is 1. The van der Waals surface area contributed by atoms with E-state index < -0.39 is 6.04 Å². The Balaban J connectivity index is 2.20. The molecule has 1 fully saturated rings. The number of piperazine rings is 1. The lowest BCUT2D eigenvalue weighted by molar-refractivity contribution is -0.121. The van der Waals surface area contributed by atoms with Crippen molar-refractivity contribution in [3.63, 3.8) is 0 Å². The third kappa shape index (κ3) is 4.09. The van der Waals surface area contributed by atoms with Crippen molar-refractivity contribution in [1.29, 1.82) is 0 Å². The molecule has 0 bridgehead atoms. The lowest BCUT2D eigenvalue weighted by Crippen LogP contribution is -2.45. The maximum Gasteiger partial charge on any atom is 0.220 e. The van der Waals surface area contributed by atoms with E-state index in [1.165, 1.54) is 0 Å². The molecule has 1 aromatic rings. The van der Waals surface area contributed by atoms with Gasteiger partial charge in [0.15, 0.2) is 0 Å². The molecule has 1 amide bonds. The van der Waals surface area contributed by atoms with Crippen LogP contribution in [-0.4, -0.2) is 60.7 Å². The summed E-state index contributed by atoms with van der Waals surface area (Å²) >= 11 is 6.21. The Labute approximate surface area is 136 Å². The second-order valence-corrected chi connectivity index (χ2v) is 5.89. The lowest BCUT2D eigenvalue weighted by Gasteiger charge is -2.33. The molecule has 0 aromatic carbocycles. The minimum Gasteiger partial charge on any atom is -0.394 e. The molecule has 7 heteroatoms. The molecule has 0 aliphatic carbocycles. The molecule has 0 spiro atoms. The number of nitrogens with one attached hydrogen (secondary N) is 1. The van der Waals surface area contributed by atoms with Crippen LogP contribution in [0.25, 0.3) is 0 Å². The fraction of sp³-hybridized carbons (Fsp3) is 0.600. The average Bonchev–Trinajstić information content (AvgIpc) is 2.54. The second kappa shape index (κ2) is 7.76. The molecule has 1 saturated heterocycles. The van der Waals surface area contributed by atoms with Crippen LogP contribution in [0.5, 0.6) is 0 Å². The molecule has 2 N–H and O–H groups in total. The van der Waals surface area contributed by atoms with Crippen molar-refractivity contribution in [2.75, 3.05) is 44.7 Å². The van der Waals surface area contributed by atoms with Crippen LogP contribution in [0.15, 0.2) is 12.1 Å². The van der Waals surface area contributed by atoms with Crippen LogP contribution in [0.4, 0.5) is 5.82 Å². The zero-order chi connectivity index (χ0) is 16.1. The van der Waals surface area contributed by atoms with Gasteiger partial charge >= 0.3 is 0 Å². The third-order valence-corrected chi connectivity index (χ3v) is 4.17. The summed E-state index contributed by atoms with van der Waals surface area (Å²) in [6.45, 7) is 5.29. The minimum atomic E-state index is -0.577.